The molecule has 0 atom stereocenters. The molecule has 0 aliphatic carbocycles. The van der Waals surface area contributed by atoms with Crippen LogP contribution in [0.1, 0.15) is 26.6 Å². The minimum absolute atomic E-state index is 0.0663. The summed E-state index contributed by atoms with van der Waals surface area (Å²) in [6.07, 6.45) is 0.244. The molecular weight excluding hydrogens is 403 g/mol. The van der Waals surface area contributed by atoms with E-state index in [0.29, 0.717) is 21.3 Å². The highest BCUT2D eigenvalue weighted by atomic mass is 35.5. The van der Waals surface area contributed by atoms with Gasteiger partial charge in [-0.15, -0.1) is 11.3 Å². The van der Waals surface area contributed by atoms with Gasteiger partial charge in [-0.2, -0.15) is 0 Å². The van der Waals surface area contributed by atoms with Crippen LogP contribution in [-0.4, -0.2) is 16.1 Å². The Morgan fingerprint density at radius 3 is 2.63 bits per heavy atom. The van der Waals surface area contributed by atoms with Gasteiger partial charge in [0.05, 0.1) is 5.01 Å². The number of hydrogen-bond acceptors (Lipinski definition) is 4. The zero-order valence-electron chi connectivity index (χ0n) is 13.5. The summed E-state index contributed by atoms with van der Waals surface area (Å²) in [7, 11) is 0. The van der Waals surface area contributed by atoms with Crippen LogP contribution in [0, 0.1) is 17.5 Å². The smallest absolute Gasteiger partial charge is 0.355 e. The first-order valence-corrected chi connectivity index (χ1v) is 8.82. The fourth-order valence-corrected chi connectivity index (χ4v) is 3.30. The summed E-state index contributed by atoms with van der Waals surface area (Å²) in [6, 6.07) is 6.65. The number of carbonyl (C=O) groups is 1. The third-order valence-corrected chi connectivity index (χ3v) is 4.72. The molecule has 0 saturated heterocycles. The van der Waals surface area contributed by atoms with Gasteiger partial charge >= 0.3 is 5.97 Å². The molecule has 4 nitrogen and oxygen atoms in total. The minimum atomic E-state index is -1.56. The second-order valence-corrected chi connectivity index (χ2v) is 6.86. The predicted octanol–water partition coefficient (Wildman–Crippen LogP) is 5.08. The molecule has 3 rings (SSSR count). The fraction of sp³-hybridized carbons (Fsp3) is 0.111. The third kappa shape index (κ3) is 4.40. The van der Waals surface area contributed by atoms with Crippen molar-refractivity contribution in [1.29, 1.82) is 0 Å². The average molecular weight is 414 g/mol. The Kier molecular flexibility index (Phi) is 5.67. The maximum absolute atomic E-state index is 13.8. The van der Waals surface area contributed by atoms with Crippen LogP contribution in [0.2, 0.25) is 5.02 Å². The number of carboxylic acids is 1. The molecule has 140 valence electrons. The van der Waals surface area contributed by atoms with Crippen LogP contribution in [0.15, 0.2) is 35.7 Å². The van der Waals surface area contributed by atoms with Crippen molar-refractivity contribution in [2.75, 3.05) is 0 Å². The quantitative estimate of drug-likeness (QED) is 0.572. The number of aromatic nitrogens is 1. The average Bonchev–Trinajstić information content (AvgIpc) is 3.09. The molecule has 1 aromatic heterocycles. The highest BCUT2D eigenvalue weighted by molar-refractivity contribution is 7.09. The molecule has 0 bridgehead atoms. The van der Waals surface area contributed by atoms with Crippen LogP contribution in [0.25, 0.3) is 0 Å². The Labute approximate surface area is 160 Å². The normalized spacial score (nSPS) is 10.8. The van der Waals surface area contributed by atoms with Crippen molar-refractivity contribution in [3.05, 3.63) is 80.0 Å². The molecule has 2 aromatic carbocycles. The molecule has 0 aliphatic rings. The predicted molar refractivity (Wildman–Crippen MR) is 94.0 cm³/mol. The largest absolute Gasteiger partial charge is 0.488 e. The molecule has 0 unspecified atom stereocenters. The van der Waals surface area contributed by atoms with Gasteiger partial charge in [-0.3, -0.25) is 0 Å². The maximum atomic E-state index is 13.8. The molecular formula is C18H11ClF3NO3S. The van der Waals surface area contributed by atoms with E-state index in [2.05, 4.69) is 4.98 Å². The summed E-state index contributed by atoms with van der Waals surface area (Å²) in [4.78, 5) is 14.9. The van der Waals surface area contributed by atoms with Gasteiger partial charge in [0.2, 0.25) is 0 Å². The second-order valence-electron chi connectivity index (χ2n) is 5.48. The van der Waals surface area contributed by atoms with Crippen LogP contribution >= 0.6 is 22.9 Å². The van der Waals surface area contributed by atoms with Crippen LogP contribution in [0.5, 0.6) is 5.75 Å². The van der Waals surface area contributed by atoms with Gasteiger partial charge in [0.15, 0.2) is 23.1 Å². The Morgan fingerprint density at radius 1 is 1.15 bits per heavy atom. The summed E-state index contributed by atoms with van der Waals surface area (Å²) in [6.45, 7) is -0.324. The molecule has 3 aromatic rings. The molecule has 27 heavy (non-hydrogen) atoms. The van der Waals surface area contributed by atoms with Gasteiger partial charge in [0.1, 0.15) is 12.4 Å². The lowest BCUT2D eigenvalue weighted by molar-refractivity contribution is 0.0691. The number of nitrogens with zero attached hydrogens (tertiary/aromatic N) is 1. The number of benzene rings is 2. The summed E-state index contributed by atoms with van der Waals surface area (Å²) >= 11 is 7.17. The van der Waals surface area contributed by atoms with Gasteiger partial charge < -0.3 is 9.84 Å². The zero-order valence-corrected chi connectivity index (χ0v) is 15.1. The molecule has 1 N–H and O–H groups in total. The monoisotopic (exact) mass is 413 g/mol. The molecule has 0 aliphatic heterocycles. The Hall–Kier alpha value is -2.58. The molecule has 0 fully saturated rings. The topological polar surface area (TPSA) is 59.4 Å². The molecule has 9 heteroatoms. The van der Waals surface area contributed by atoms with Crippen LogP contribution in [-0.2, 0) is 13.0 Å². The number of hydrogen-bond donors (Lipinski definition) is 1. The zero-order chi connectivity index (χ0) is 19.6. The molecule has 0 spiro atoms. The van der Waals surface area contributed by atoms with Gasteiger partial charge in [0, 0.05) is 28.0 Å². The van der Waals surface area contributed by atoms with E-state index in [4.69, 9.17) is 21.4 Å². The number of aromatic carboxylic acids is 1. The van der Waals surface area contributed by atoms with E-state index in [1.807, 2.05) is 0 Å². The van der Waals surface area contributed by atoms with Crippen molar-refractivity contribution in [3.63, 3.8) is 0 Å². The first-order chi connectivity index (χ1) is 12.8. The highest BCUT2D eigenvalue weighted by Gasteiger charge is 2.16. The Bertz CT molecular complexity index is 1010. The number of ether oxygens (including phenoxy) is 1. The SMILES string of the molecule is O=C(O)c1csc(Cc2cc(Cl)ccc2OCc2ccc(F)c(F)c2F)n1. The second kappa shape index (κ2) is 7.98. The van der Waals surface area contributed by atoms with E-state index in [9.17, 15) is 18.0 Å². The van der Waals surface area contributed by atoms with E-state index in [-0.39, 0.29) is 24.3 Å². The van der Waals surface area contributed by atoms with Crippen LogP contribution in [0.4, 0.5) is 13.2 Å². The Balaban J connectivity index is 1.81. The summed E-state index contributed by atoms with van der Waals surface area (Å²) in [5.41, 5.74) is 0.386. The van der Waals surface area contributed by atoms with Crippen molar-refractivity contribution < 1.29 is 27.8 Å². The molecule has 0 saturated carbocycles. The lowest BCUT2D eigenvalue weighted by Crippen LogP contribution is -2.04. The van der Waals surface area contributed by atoms with E-state index >= 15 is 0 Å². The van der Waals surface area contributed by atoms with Crippen LogP contribution in [0.3, 0.4) is 0 Å². The first-order valence-electron chi connectivity index (χ1n) is 7.56. The number of carboxylic acid groups (broad SMARTS) is 1. The van der Waals surface area contributed by atoms with E-state index in [0.717, 1.165) is 12.1 Å². The lowest BCUT2D eigenvalue weighted by Gasteiger charge is -2.12. The lowest BCUT2D eigenvalue weighted by atomic mass is 10.1. The van der Waals surface area contributed by atoms with Crippen molar-refractivity contribution in [2.24, 2.45) is 0 Å². The minimum Gasteiger partial charge on any atom is -0.488 e. The maximum Gasteiger partial charge on any atom is 0.355 e. The third-order valence-electron chi connectivity index (χ3n) is 3.63. The summed E-state index contributed by atoms with van der Waals surface area (Å²) in [5.74, 6) is -4.93. The van der Waals surface area contributed by atoms with Crippen molar-refractivity contribution in [2.45, 2.75) is 13.0 Å². The van der Waals surface area contributed by atoms with Gasteiger partial charge in [0.25, 0.3) is 0 Å². The molecule has 1 heterocycles. The summed E-state index contributed by atoms with van der Waals surface area (Å²) < 4.78 is 45.7. The molecule has 0 amide bonds. The number of rotatable bonds is 6. The highest BCUT2D eigenvalue weighted by Crippen LogP contribution is 2.28. The summed E-state index contributed by atoms with van der Waals surface area (Å²) in [5, 5.41) is 11.3. The molecule has 0 radical (unpaired) electrons. The van der Waals surface area contributed by atoms with Crippen molar-refractivity contribution in [1.82, 2.24) is 4.98 Å². The fourth-order valence-electron chi connectivity index (χ4n) is 2.31. The van der Waals surface area contributed by atoms with Crippen molar-refractivity contribution >= 4 is 28.9 Å². The van der Waals surface area contributed by atoms with Crippen molar-refractivity contribution in [3.8, 4) is 5.75 Å². The van der Waals surface area contributed by atoms with Gasteiger partial charge in [-0.1, -0.05) is 11.6 Å². The standard InChI is InChI=1S/C18H11ClF3NO3S/c19-11-2-4-14(26-7-9-1-3-12(20)17(22)16(9)21)10(5-11)6-15-23-13(8-27-15)18(24)25/h1-5,8H,6-7H2,(H,24,25). The van der Waals surface area contributed by atoms with Gasteiger partial charge in [-0.25, -0.2) is 22.9 Å². The number of halogens is 4. The van der Waals surface area contributed by atoms with E-state index in [1.54, 1.807) is 18.2 Å². The Morgan fingerprint density at radius 2 is 1.93 bits per heavy atom. The van der Waals surface area contributed by atoms with Crippen LogP contribution < -0.4 is 4.74 Å². The van der Waals surface area contributed by atoms with Gasteiger partial charge in [-0.05, 0) is 30.3 Å². The van der Waals surface area contributed by atoms with E-state index in [1.165, 1.54) is 16.7 Å². The number of thiazole rings is 1. The first kappa shape index (κ1) is 19.2. The van der Waals surface area contributed by atoms with E-state index < -0.39 is 23.4 Å².